The van der Waals surface area contributed by atoms with Gasteiger partial charge in [-0.25, -0.2) is 8.42 Å². The first-order valence-corrected chi connectivity index (χ1v) is 7.74. The monoisotopic (exact) mass is 282 g/mol. The molecule has 0 radical (unpaired) electrons. The molecule has 0 aromatic heterocycles. The molecule has 1 rings (SSSR count). The highest BCUT2D eigenvalue weighted by Crippen LogP contribution is 2.18. The summed E-state index contributed by atoms with van der Waals surface area (Å²) in [6, 6.07) is 6.54. The van der Waals surface area contributed by atoms with Crippen LogP contribution < -0.4 is 0 Å². The van der Waals surface area contributed by atoms with E-state index in [0.717, 1.165) is 11.1 Å². The van der Waals surface area contributed by atoms with Crippen LogP contribution in [0.1, 0.15) is 32.3 Å². The Bertz CT molecular complexity index is 568. The average Bonchev–Trinajstić information content (AvgIpc) is 2.36. The molecule has 19 heavy (non-hydrogen) atoms. The molecule has 1 N–H and O–H groups in total. The highest BCUT2D eigenvalue weighted by atomic mass is 32.2. The third kappa shape index (κ3) is 4.52. The molecule has 0 unspecified atom stereocenters. The minimum atomic E-state index is -3.19. The Kier molecular flexibility index (Phi) is 5.30. The average molecular weight is 282 g/mol. The van der Waals surface area contributed by atoms with E-state index >= 15 is 0 Å². The van der Waals surface area contributed by atoms with Crippen LogP contribution in [0.5, 0.6) is 0 Å². The number of carbonyl (C=O) groups is 1. The van der Waals surface area contributed by atoms with Crippen molar-refractivity contribution >= 4 is 21.4 Å². The summed E-state index contributed by atoms with van der Waals surface area (Å²) in [5.74, 6) is -0.748. The Morgan fingerprint density at radius 1 is 1.26 bits per heavy atom. The molecule has 0 saturated carbocycles. The van der Waals surface area contributed by atoms with Gasteiger partial charge >= 0.3 is 5.97 Å². The summed E-state index contributed by atoms with van der Waals surface area (Å²) in [4.78, 5) is 10.8. The van der Waals surface area contributed by atoms with Crippen molar-refractivity contribution in [3.63, 3.8) is 0 Å². The summed E-state index contributed by atoms with van der Waals surface area (Å²) in [5, 5.41) is 8.60. The Balaban J connectivity index is 2.94. The van der Waals surface area contributed by atoms with Gasteiger partial charge in [0.15, 0.2) is 9.84 Å². The zero-order valence-electron chi connectivity index (χ0n) is 11.1. The van der Waals surface area contributed by atoms with Gasteiger partial charge in [-0.1, -0.05) is 25.1 Å². The third-order valence-electron chi connectivity index (χ3n) is 2.72. The number of rotatable bonds is 6. The summed E-state index contributed by atoms with van der Waals surface area (Å²) in [7, 11) is -3.19. The maximum absolute atomic E-state index is 11.8. The molecule has 0 aliphatic rings. The number of carboxylic acid groups (broad SMARTS) is 1. The summed E-state index contributed by atoms with van der Waals surface area (Å²) < 4.78 is 23.7. The molecule has 0 heterocycles. The SMILES string of the molecule is CCCS(=O)(=O)c1ccc(/C(C)=C/CC(=O)O)cc1. The number of benzene rings is 1. The zero-order chi connectivity index (χ0) is 14.5. The van der Waals surface area contributed by atoms with Crippen molar-refractivity contribution in [3.05, 3.63) is 35.9 Å². The first-order valence-electron chi connectivity index (χ1n) is 6.08. The molecule has 5 heteroatoms. The number of hydrogen-bond acceptors (Lipinski definition) is 3. The Hall–Kier alpha value is -1.62. The van der Waals surface area contributed by atoms with Crippen LogP contribution >= 0.6 is 0 Å². The second kappa shape index (κ2) is 6.52. The first-order chi connectivity index (χ1) is 8.86. The molecular formula is C14H18O4S. The maximum Gasteiger partial charge on any atom is 0.307 e. The lowest BCUT2D eigenvalue weighted by atomic mass is 10.1. The highest BCUT2D eigenvalue weighted by molar-refractivity contribution is 7.91. The minimum absolute atomic E-state index is 0.0400. The van der Waals surface area contributed by atoms with Crippen molar-refractivity contribution in [3.8, 4) is 0 Å². The van der Waals surface area contributed by atoms with Crippen LogP contribution in [0.15, 0.2) is 35.2 Å². The second-order valence-electron chi connectivity index (χ2n) is 4.33. The molecule has 1 aromatic rings. The molecule has 1 aromatic carbocycles. The van der Waals surface area contributed by atoms with E-state index in [1.807, 2.05) is 6.92 Å². The normalized spacial score (nSPS) is 12.4. The number of carboxylic acids is 1. The highest BCUT2D eigenvalue weighted by Gasteiger charge is 2.12. The molecular weight excluding hydrogens is 264 g/mol. The molecule has 104 valence electrons. The van der Waals surface area contributed by atoms with Crippen LogP contribution in [0.4, 0.5) is 0 Å². The quantitative estimate of drug-likeness (QED) is 0.870. The van der Waals surface area contributed by atoms with E-state index in [9.17, 15) is 13.2 Å². The number of aliphatic carboxylic acids is 1. The van der Waals surface area contributed by atoms with Crippen molar-refractivity contribution in [2.45, 2.75) is 31.6 Å². The van der Waals surface area contributed by atoms with Crippen LogP contribution in [0, 0.1) is 0 Å². The zero-order valence-corrected chi connectivity index (χ0v) is 11.9. The van der Waals surface area contributed by atoms with Gasteiger partial charge in [-0.15, -0.1) is 0 Å². The largest absolute Gasteiger partial charge is 0.481 e. The van der Waals surface area contributed by atoms with Gasteiger partial charge in [-0.3, -0.25) is 4.79 Å². The molecule has 0 saturated heterocycles. The summed E-state index contributed by atoms with van der Waals surface area (Å²) in [6.07, 6.45) is 2.15. The van der Waals surface area contributed by atoms with Crippen LogP contribution in [-0.4, -0.2) is 25.2 Å². The third-order valence-corrected chi connectivity index (χ3v) is 4.66. The summed E-state index contributed by atoms with van der Waals surface area (Å²) in [6.45, 7) is 3.63. The topological polar surface area (TPSA) is 71.4 Å². The van der Waals surface area contributed by atoms with E-state index in [4.69, 9.17) is 5.11 Å². The summed E-state index contributed by atoms with van der Waals surface area (Å²) in [5.41, 5.74) is 1.65. The van der Waals surface area contributed by atoms with Crippen LogP contribution in [-0.2, 0) is 14.6 Å². The molecule has 0 aliphatic carbocycles. The predicted octanol–water partition coefficient (Wildman–Crippen LogP) is 2.75. The lowest BCUT2D eigenvalue weighted by Gasteiger charge is -2.05. The maximum atomic E-state index is 11.8. The van der Waals surface area contributed by atoms with Gasteiger partial charge < -0.3 is 5.11 Å². The van der Waals surface area contributed by atoms with E-state index in [1.54, 1.807) is 37.3 Å². The lowest BCUT2D eigenvalue weighted by Crippen LogP contribution is -2.05. The van der Waals surface area contributed by atoms with Gasteiger partial charge in [0.1, 0.15) is 0 Å². The standard InChI is InChI=1S/C14H18O4S/c1-3-10-19(17,18)13-7-5-12(6-8-13)11(2)4-9-14(15)16/h4-8H,3,9-10H2,1-2H3,(H,15,16)/b11-4+. The van der Waals surface area contributed by atoms with Crippen molar-refractivity contribution in [2.75, 3.05) is 5.75 Å². The number of allylic oxidation sites excluding steroid dienone is 1. The van der Waals surface area contributed by atoms with Gasteiger partial charge in [-0.05, 0) is 36.6 Å². The molecule has 0 fully saturated rings. The summed E-state index contributed by atoms with van der Waals surface area (Å²) >= 11 is 0. The van der Waals surface area contributed by atoms with Crippen molar-refractivity contribution in [1.82, 2.24) is 0 Å². The predicted molar refractivity (Wildman–Crippen MR) is 74.7 cm³/mol. The Morgan fingerprint density at radius 3 is 2.32 bits per heavy atom. The molecule has 4 nitrogen and oxygen atoms in total. The van der Waals surface area contributed by atoms with E-state index in [-0.39, 0.29) is 12.2 Å². The van der Waals surface area contributed by atoms with E-state index in [1.165, 1.54) is 0 Å². The first kappa shape index (κ1) is 15.4. The van der Waals surface area contributed by atoms with Gasteiger partial charge in [0.25, 0.3) is 0 Å². The van der Waals surface area contributed by atoms with Crippen molar-refractivity contribution < 1.29 is 18.3 Å². The molecule has 0 atom stereocenters. The van der Waals surface area contributed by atoms with E-state index in [0.29, 0.717) is 11.3 Å². The smallest absolute Gasteiger partial charge is 0.307 e. The van der Waals surface area contributed by atoms with E-state index in [2.05, 4.69) is 0 Å². The number of sulfone groups is 1. The lowest BCUT2D eigenvalue weighted by molar-refractivity contribution is -0.135. The van der Waals surface area contributed by atoms with Crippen LogP contribution in [0.25, 0.3) is 5.57 Å². The molecule has 0 spiro atoms. The second-order valence-corrected chi connectivity index (χ2v) is 6.44. The molecule has 0 aliphatic heterocycles. The van der Waals surface area contributed by atoms with Crippen LogP contribution in [0.3, 0.4) is 0 Å². The van der Waals surface area contributed by atoms with Crippen LogP contribution in [0.2, 0.25) is 0 Å². The fourth-order valence-electron chi connectivity index (χ4n) is 1.67. The van der Waals surface area contributed by atoms with Gasteiger partial charge in [0.2, 0.25) is 0 Å². The fraction of sp³-hybridized carbons (Fsp3) is 0.357. The van der Waals surface area contributed by atoms with Gasteiger partial charge in [0, 0.05) is 0 Å². The minimum Gasteiger partial charge on any atom is -0.481 e. The van der Waals surface area contributed by atoms with Gasteiger partial charge in [-0.2, -0.15) is 0 Å². The molecule has 0 bridgehead atoms. The molecule has 0 amide bonds. The van der Waals surface area contributed by atoms with Crippen molar-refractivity contribution in [2.24, 2.45) is 0 Å². The Labute approximate surface area is 113 Å². The Morgan fingerprint density at radius 2 is 1.84 bits per heavy atom. The van der Waals surface area contributed by atoms with Crippen molar-refractivity contribution in [1.29, 1.82) is 0 Å². The fourth-order valence-corrected chi connectivity index (χ4v) is 2.99. The number of hydrogen-bond donors (Lipinski definition) is 1. The van der Waals surface area contributed by atoms with Gasteiger partial charge in [0.05, 0.1) is 17.1 Å². The van der Waals surface area contributed by atoms with E-state index < -0.39 is 15.8 Å².